The molecule has 6 nitrogen and oxygen atoms in total. The molecule has 140 valence electrons. The number of benzene rings is 2. The van der Waals surface area contributed by atoms with Crippen LogP contribution >= 0.6 is 0 Å². The van der Waals surface area contributed by atoms with Crippen LogP contribution in [0.4, 0.5) is 10.1 Å². The zero-order valence-electron chi connectivity index (χ0n) is 14.0. The molecule has 1 atom stereocenters. The van der Waals surface area contributed by atoms with E-state index in [0.717, 1.165) is 18.4 Å². The fourth-order valence-electron chi connectivity index (χ4n) is 3.20. The second-order valence-electron chi connectivity index (χ2n) is 6.45. The maximum absolute atomic E-state index is 13.2. The minimum atomic E-state index is -2.26. The summed E-state index contributed by atoms with van der Waals surface area (Å²) in [7, 11) is 0. The molecule has 2 aromatic carbocycles. The Labute approximate surface area is 156 Å². The molecule has 1 heterocycles. The van der Waals surface area contributed by atoms with Crippen molar-refractivity contribution in [3.63, 3.8) is 0 Å². The normalized spacial score (nSPS) is 15.0. The van der Waals surface area contributed by atoms with Gasteiger partial charge in [-0.2, -0.15) is 0 Å². The SMILES string of the molecule is O=C(O)c1c(-c2ccc(F)cc2)oc2cc(NCS(=O)[O-])c(C3CC3)cc12. The molecule has 27 heavy (non-hydrogen) atoms. The predicted octanol–water partition coefficient (Wildman–Crippen LogP) is 4.06. The first-order valence-corrected chi connectivity index (χ1v) is 9.58. The van der Waals surface area contributed by atoms with Crippen LogP contribution in [-0.2, 0) is 11.1 Å². The number of carboxylic acid groups (broad SMARTS) is 1. The summed E-state index contributed by atoms with van der Waals surface area (Å²) in [6, 6.07) is 8.78. The van der Waals surface area contributed by atoms with Crippen LogP contribution in [0.3, 0.4) is 0 Å². The first-order chi connectivity index (χ1) is 12.9. The van der Waals surface area contributed by atoms with Gasteiger partial charge in [0.05, 0.1) is 5.88 Å². The minimum absolute atomic E-state index is 0.0115. The number of aromatic carboxylic acids is 1. The van der Waals surface area contributed by atoms with E-state index in [9.17, 15) is 23.1 Å². The molecule has 0 amide bonds. The van der Waals surface area contributed by atoms with E-state index < -0.39 is 22.9 Å². The highest BCUT2D eigenvalue weighted by Gasteiger charge is 2.29. The van der Waals surface area contributed by atoms with Crippen LogP contribution in [0.25, 0.3) is 22.3 Å². The molecular weight excluding hydrogens is 373 g/mol. The van der Waals surface area contributed by atoms with Crippen LogP contribution in [0.1, 0.15) is 34.7 Å². The first-order valence-electron chi connectivity index (χ1n) is 8.33. The summed E-state index contributed by atoms with van der Waals surface area (Å²) in [6.45, 7) is 0. The van der Waals surface area contributed by atoms with Crippen molar-refractivity contribution in [1.29, 1.82) is 0 Å². The number of hydrogen-bond acceptors (Lipinski definition) is 5. The molecule has 8 heteroatoms. The molecule has 3 aromatic rings. The quantitative estimate of drug-likeness (QED) is 0.617. The number of nitrogens with one attached hydrogen (secondary N) is 1. The van der Waals surface area contributed by atoms with Crippen LogP contribution in [0.5, 0.6) is 0 Å². The number of hydrogen-bond donors (Lipinski definition) is 2. The summed E-state index contributed by atoms with van der Waals surface area (Å²) in [6.07, 6.45) is 1.93. The van der Waals surface area contributed by atoms with Crippen LogP contribution < -0.4 is 5.32 Å². The molecule has 1 saturated carbocycles. The zero-order chi connectivity index (χ0) is 19.1. The number of carboxylic acids is 1. The summed E-state index contributed by atoms with van der Waals surface area (Å²) in [5, 5.41) is 13.0. The maximum Gasteiger partial charge on any atom is 0.340 e. The monoisotopic (exact) mass is 388 g/mol. The number of carbonyl (C=O) groups is 1. The van der Waals surface area contributed by atoms with Crippen molar-refractivity contribution in [3.05, 3.63) is 53.3 Å². The lowest BCUT2D eigenvalue weighted by molar-refractivity contribution is 0.0699. The maximum atomic E-state index is 13.2. The fraction of sp³-hybridized carbons (Fsp3) is 0.211. The number of furan rings is 1. The third kappa shape index (κ3) is 3.45. The van der Waals surface area contributed by atoms with Gasteiger partial charge in [0, 0.05) is 22.7 Å². The standard InChI is InChI=1S/C19H16FNO5S/c20-12-5-3-11(4-6-12)18-17(19(22)23)14-7-13(10-1-2-10)15(8-16(14)26-18)21-9-27(24)25/h3-8,10,21H,1-2,9H2,(H,22,23)(H,24,25)/p-1. The van der Waals surface area contributed by atoms with Crippen molar-refractivity contribution in [1.82, 2.24) is 0 Å². The summed E-state index contributed by atoms with van der Waals surface area (Å²) < 4.78 is 40.8. The van der Waals surface area contributed by atoms with Gasteiger partial charge in [-0.25, -0.2) is 9.18 Å². The third-order valence-corrected chi connectivity index (χ3v) is 4.96. The van der Waals surface area contributed by atoms with E-state index in [1.54, 1.807) is 12.1 Å². The molecule has 1 aliphatic rings. The van der Waals surface area contributed by atoms with Gasteiger partial charge in [-0.3, -0.25) is 4.21 Å². The van der Waals surface area contributed by atoms with Gasteiger partial charge < -0.3 is 19.4 Å². The van der Waals surface area contributed by atoms with E-state index in [1.165, 1.54) is 24.3 Å². The van der Waals surface area contributed by atoms with E-state index in [4.69, 9.17) is 4.42 Å². The second kappa shape index (κ2) is 6.79. The molecule has 1 aliphatic carbocycles. The Hall–Kier alpha value is -2.71. The predicted molar refractivity (Wildman–Crippen MR) is 98.0 cm³/mol. The lowest BCUT2D eigenvalue weighted by Crippen LogP contribution is -2.08. The van der Waals surface area contributed by atoms with Gasteiger partial charge in [0.1, 0.15) is 22.7 Å². The van der Waals surface area contributed by atoms with E-state index in [-0.39, 0.29) is 23.1 Å². The summed E-state index contributed by atoms with van der Waals surface area (Å²) in [4.78, 5) is 11.9. The minimum Gasteiger partial charge on any atom is -0.771 e. The average molecular weight is 388 g/mol. The fourth-order valence-corrected chi connectivity index (χ4v) is 3.47. The van der Waals surface area contributed by atoms with Crippen molar-refractivity contribution in [2.75, 3.05) is 11.2 Å². The van der Waals surface area contributed by atoms with Crippen molar-refractivity contribution in [2.45, 2.75) is 18.8 Å². The molecule has 1 fully saturated rings. The number of anilines is 1. The van der Waals surface area contributed by atoms with E-state index in [1.807, 2.05) is 0 Å². The first kappa shape index (κ1) is 17.7. The van der Waals surface area contributed by atoms with E-state index >= 15 is 0 Å². The third-order valence-electron chi connectivity index (χ3n) is 4.58. The molecular formula is C19H15FNO5S-. The molecule has 4 rings (SSSR count). The number of rotatable bonds is 6. The van der Waals surface area contributed by atoms with Crippen LogP contribution in [0.2, 0.25) is 0 Å². The van der Waals surface area contributed by atoms with Crippen LogP contribution in [0, 0.1) is 5.82 Å². The smallest absolute Gasteiger partial charge is 0.340 e. The molecule has 2 N–H and O–H groups in total. The summed E-state index contributed by atoms with van der Waals surface area (Å²) in [5.41, 5.74) is 2.29. The molecule has 0 radical (unpaired) electrons. The Bertz CT molecular complexity index is 1060. The van der Waals surface area contributed by atoms with Gasteiger partial charge >= 0.3 is 5.97 Å². The Morgan fingerprint density at radius 3 is 2.59 bits per heavy atom. The van der Waals surface area contributed by atoms with Gasteiger partial charge in [0.15, 0.2) is 0 Å². The van der Waals surface area contributed by atoms with Crippen molar-refractivity contribution in [2.24, 2.45) is 0 Å². The Morgan fingerprint density at radius 1 is 1.30 bits per heavy atom. The van der Waals surface area contributed by atoms with Crippen molar-refractivity contribution >= 4 is 33.7 Å². The highest BCUT2D eigenvalue weighted by Crippen LogP contribution is 2.46. The second-order valence-corrected chi connectivity index (χ2v) is 7.35. The van der Waals surface area contributed by atoms with Gasteiger partial charge in [0.2, 0.25) is 0 Å². The van der Waals surface area contributed by atoms with E-state index in [2.05, 4.69) is 5.32 Å². The van der Waals surface area contributed by atoms with Crippen molar-refractivity contribution in [3.8, 4) is 11.3 Å². The zero-order valence-corrected chi connectivity index (χ0v) is 14.8. The van der Waals surface area contributed by atoms with E-state index in [0.29, 0.717) is 22.2 Å². The molecule has 1 aromatic heterocycles. The lowest BCUT2D eigenvalue weighted by Gasteiger charge is -2.13. The van der Waals surface area contributed by atoms with Crippen molar-refractivity contribution < 1.29 is 27.5 Å². The largest absolute Gasteiger partial charge is 0.771 e. The number of halogens is 1. The highest BCUT2D eigenvalue weighted by atomic mass is 32.2. The van der Waals surface area contributed by atoms with Gasteiger partial charge in [-0.05, 0) is 65.7 Å². The average Bonchev–Trinajstić information content (AvgIpc) is 3.40. The Balaban J connectivity index is 1.90. The van der Waals surface area contributed by atoms with Gasteiger partial charge in [-0.15, -0.1) is 0 Å². The van der Waals surface area contributed by atoms with Crippen LogP contribution in [-0.4, -0.2) is 25.7 Å². The molecule has 0 bridgehead atoms. The molecule has 0 saturated heterocycles. The topological polar surface area (TPSA) is 103 Å². The lowest BCUT2D eigenvalue weighted by atomic mass is 10.0. The number of fused-ring (bicyclic) bond motifs is 1. The highest BCUT2D eigenvalue weighted by molar-refractivity contribution is 7.79. The molecule has 0 spiro atoms. The summed E-state index contributed by atoms with van der Waals surface area (Å²) in [5.74, 6) is -1.41. The van der Waals surface area contributed by atoms with Gasteiger partial charge in [0.25, 0.3) is 0 Å². The Kier molecular flexibility index (Phi) is 4.45. The van der Waals surface area contributed by atoms with Crippen LogP contribution in [0.15, 0.2) is 40.8 Å². The molecule has 1 unspecified atom stereocenters. The van der Waals surface area contributed by atoms with Gasteiger partial charge in [-0.1, -0.05) is 0 Å². The molecule has 0 aliphatic heterocycles. The Morgan fingerprint density at radius 2 is 2.00 bits per heavy atom. The summed E-state index contributed by atoms with van der Waals surface area (Å²) >= 11 is -2.26.